The molecule has 2 amide bonds. The number of nitro benzene ring substituents is 1. The molecule has 8 heteroatoms. The average molecular weight is 518 g/mol. The smallest absolute Gasteiger partial charge is 0.270 e. The van der Waals surface area contributed by atoms with Crippen molar-refractivity contribution in [3.05, 3.63) is 81.4 Å². The van der Waals surface area contributed by atoms with Crippen LogP contribution in [0.2, 0.25) is 0 Å². The van der Waals surface area contributed by atoms with E-state index in [1.807, 2.05) is 54.0 Å². The molecule has 2 aromatic carbocycles. The number of para-hydroxylation sites is 1. The number of nitrogens with zero attached hydrogens (tertiary/aromatic N) is 3. The molecule has 38 heavy (non-hydrogen) atoms. The molecule has 0 saturated carbocycles. The van der Waals surface area contributed by atoms with Crippen LogP contribution in [0.15, 0.2) is 60.2 Å². The van der Waals surface area contributed by atoms with Crippen LogP contribution in [0.3, 0.4) is 0 Å². The molecule has 0 bridgehead atoms. The Morgan fingerprint density at radius 3 is 2.42 bits per heavy atom. The quantitative estimate of drug-likeness (QED) is 0.268. The summed E-state index contributed by atoms with van der Waals surface area (Å²) in [6.45, 7) is 7.13. The van der Waals surface area contributed by atoms with E-state index in [1.165, 1.54) is 12.1 Å². The van der Waals surface area contributed by atoms with E-state index in [4.69, 9.17) is 4.74 Å². The van der Waals surface area contributed by atoms with E-state index in [9.17, 15) is 19.7 Å². The van der Waals surface area contributed by atoms with E-state index in [0.29, 0.717) is 50.3 Å². The Hall–Kier alpha value is -3.94. The summed E-state index contributed by atoms with van der Waals surface area (Å²) in [6.07, 6.45) is 8.39. The number of piperidine rings is 1. The van der Waals surface area contributed by atoms with Gasteiger partial charge in [-0.3, -0.25) is 19.7 Å². The van der Waals surface area contributed by atoms with Gasteiger partial charge in [-0.1, -0.05) is 37.3 Å². The molecular weight excluding hydrogens is 482 g/mol. The molecular formula is C30H35N3O5. The van der Waals surface area contributed by atoms with Crippen molar-refractivity contribution in [1.82, 2.24) is 9.80 Å². The van der Waals surface area contributed by atoms with Crippen molar-refractivity contribution >= 4 is 29.7 Å². The summed E-state index contributed by atoms with van der Waals surface area (Å²) in [7, 11) is 0. The fourth-order valence-corrected chi connectivity index (χ4v) is 5.34. The number of carbonyl (C=O) groups excluding carboxylic acids is 2. The van der Waals surface area contributed by atoms with Gasteiger partial charge in [0.05, 0.1) is 11.5 Å². The highest BCUT2D eigenvalue weighted by atomic mass is 16.6. The van der Waals surface area contributed by atoms with Crippen LogP contribution in [-0.2, 0) is 9.59 Å². The minimum atomic E-state index is -0.429. The number of hydrogen-bond donors (Lipinski definition) is 0. The second kappa shape index (κ2) is 12.1. The maximum absolute atomic E-state index is 13.3. The number of amides is 2. The Balaban J connectivity index is 1.35. The van der Waals surface area contributed by atoms with Crippen LogP contribution in [0.4, 0.5) is 5.69 Å². The van der Waals surface area contributed by atoms with Gasteiger partial charge in [0.15, 0.2) is 0 Å². The minimum Gasteiger partial charge on any atom is -0.493 e. The molecule has 4 rings (SSSR count). The molecule has 2 saturated heterocycles. The molecule has 1 spiro atoms. The molecule has 200 valence electrons. The van der Waals surface area contributed by atoms with Crippen LogP contribution in [-0.4, -0.2) is 59.3 Å². The van der Waals surface area contributed by atoms with Crippen molar-refractivity contribution in [3.8, 4) is 5.75 Å². The van der Waals surface area contributed by atoms with E-state index in [-0.39, 0.29) is 22.9 Å². The van der Waals surface area contributed by atoms with Crippen molar-refractivity contribution in [2.75, 3.05) is 32.8 Å². The van der Waals surface area contributed by atoms with Crippen molar-refractivity contribution in [3.63, 3.8) is 0 Å². The third-order valence-corrected chi connectivity index (χ3v) is 7.56. The third-order valence-electron chi connectivity index (χ3n) is 7.56. The summed E-state index contributed by atoms with van der Waals surface area (Å²) >= 11 is 0. The van der Waals surface area contributed by atoms with Gasteiger partial charge in [-0.15, -0.1) is 0 Å². The summed E-state index contributed by atoms with van der Waals surface area (Å²) in [5, 5.41) is 11.1. The molecule has 2 aromatic rings. The molecule has 0 aliphatic carbocycles. The number of non-ortho nitro benzene ring substituents is 1. The fraction of sp³-hybridized carbons (Fsp3) is 0.400. The lowest BCUT2D eigenvalue weighted by Crippen LogP contribution is -2.44. The summed E-state index contributed by atoms with van der Waals surface area (Å²) in [4.78, 5) is 40.7. The summed E-state index contributed by atoms with van der Waals surface area (Å²) in [5.74, 6) is 0.744. The second-order valence-electron chi connectivity index (χ2n) is 9.98. The maximum Gasteiger partial charge on any atom is 0.270 e. The van der Waals surface area contributed by atoms with Crippen LogP contribution < -0.4 is 4.74 Å². The molecule has 0 radical (unpaired) electrons. The van der Waals surface area contributed by atoms with Gasteiger partial charge in [0.25, 0.3) is 5.69 Å². The van der Waals surface area contributed by atoms with E-state index in [2.05, 4.69) is 0 Å². The number of benzene rings is 2. The van der Waals surface area contributed by atoms with E-state index >= 15 is 0 Å². The lowest BCUT2D eigenvalue weighted by molar-refractivity contribution is -0.384. The number of carbonyl (C=O) groups is 2. The van der Waals surface area contributed by atoms with Crippen LogP contribution in [0.5, 0.6) is 5.75 Å². The second-order valence-corrected chi connectivity index (χ2v) is 9.98. The molecule has 8 nitrogen and oxygen atoms in total. The third kappa shape index (κ3) is 6.30. The zero-order chi connectivity index (χ0) is 27.1. The topological polar surface area (TPSA) is 93.0 Å². The van der Waals surface area contributed by atoms with Crippen LogP contribution >= 0.6 is 0 Å². The maximum atomic E-state index is 13.3. The zero-order valence-corrected chi connectivity index (χ0v) is 22.1. The Morgan fingerprint density at radius 2 is 1.74 bits per heavy atom. The van der Waals surface area contributed by atoms with Crippen LogP contribution in [0.1, 0.15) is 50.7 Å². The first kappa shape index (κ1) is 27.1. The van der Waals surface area contributed by atoms with Crippen molar-refractivity contribution in [1.29, 1.82) is 0 Å². The Bertz CT molecular complexity index is 1240. The van der Waals surface area contributed by atoms with Crippen molar-refractivity contribution in [2.45, 2.75) is 39.5 Å². The predicted octanol–water partition coefficient (Wildman–Crippen LogP) is 5.34. The lowest BCUT2D eigenvalue weighted by Gasteiger charge is -2.39. The standard InChI is InChI=1S/C30H35N3O5/c1-3-24(20-23-8-7-10-26(21-23)33(36)37)29(35)32-19-16-30(22-32)14-17-31(18-15-30)28(34)13-12-25-9-5-6-11-27(25)38-4-2/h5-13,20-21H,3-4,14-19,22H2,1-2H3. The van der Waals surface area contributed by atoms with Gasteiger partial charge in [0, 0.05) is 55.5 Å². The number of likely N-dealkylation sites (tertiary alicyclic amines) is 2. The molecule has 2 heterocycles. The van der Waals surface area contributed by atoms with E-state index in [1.54, 1.807) is 24.3 Å². The molecule has 2 aliphatic heterocycles. The molecule has 0 atom stereocenters. The van der Waals surface area contributed by atoms with Crippen molar-refractivity contribution in [2.24, 2.45) is 5.41 Å². The van der Waals surface area contributed by atoms with Gasteiger partial charge in [-0.2, -0.15) is 0 Å². The highest BCUT2D eigenvalue weighted by Crippen LogP contribution is 2.41. The zero-order valence-electron chi connectivity index (χ0n) is 22.1. The summed E-state index contributed by atoms with van der Waals surface area (Å²) in [5.41, 5.74) is 2.22. The van der Waals surface area contributed by atoms with Gasteiger partial charge in [-0.25, -0.2) is 0 Å². The van der Waals surface area contributed by atoms with Gasteiger partial charge in [0.2, 0.25) is 11.8 Å². The number of hydrogen-bond acceptors (Lipinski definition) is 5. The molecule has 0 aromatic heterocycles. The first-order valence-electron chi connectivity index (χ1n) is 13.3. The normalized spacial score (nSPS) is 17.3. The number of ether oxygens (including phenoxy) is 1. The molecule has 2 fully saturated rings. The number of rotatable bonds is 8. The lowest BCUT2D eigenvalue weighted by atomic mass is 9.77. The van der Waals surface area contributed by atoms with E-state index in [0.717, 1.165) is 30.6 Å². The highest BCUT2D eigenvalue weighted by molar-refractivity contribution is 5.98. The van der Waals surface area contributed by atoms with Crippen LogP contribution in [0, 0.1) is 15.5 Å². The van der Waals surface area contributed by atoms with Crippen molar-refractivity contribution < 1.29 is 19.2 Å². The predicted molar refractivity (Wildman–Crippen MR) is 147 cm³/mol. The van der Waals surface area contributed by atoms with E-state index < -0.39 is 4.92 Å². The SMILES string of the molecule is CCOc1ccccc1C=CC(=O)N1CCC2(CC1)CCN(C(=O)C(=Cc1cccc([N+](=O)[O-])c1)CC)C2. The molecule has 0 N–H and O–H groups in total. The fourth-order valence-electron chi connectivity index (χ4n) is 5.34. The Morgan fingerprint density at radius 1 is 1.03 bits per heavy atom. The first-order chi connectivity index (χ1) is 18.3. The minimum absolute atomic E-state index is 0.00900. The van der Waals surface area contributed by atoms with Gasteiger partial charge < -0.3 is 14.5 Å². The van der Waals surface area contributed by atoms with Gasteiger partial charge in [-0.05, 0) is 61.8 Å². The largest absolute Gasteiger partial charge is 0.493 e. The average Bonchev–Trinajstić information content (AvgIpc) is 3.34. The Kier molecular flexibility index (Phi) is 8.61. The highest BCUT2D eigenvalue weighted by Gasteiger charge is 2.42. The summed E-state index contributed by atoms with van der Waals surface area (Å²) in [6, 6.07) is 14.0. The Labute approximate surface area is 223 Å². The van der Waals surface area contributed by atoms with Crippen LogP contribution in [0.25, 0.3) is 12.2 Å². The molecule has 2 aliphatic rings. The van der Waals surface area contributed by atoms with Gasteiger partial charge in [0.1, 0.15) is 5.75 Å². The monoisotopic (exact) mass is 517 g/mol. The first-order valence-corrected chi connectivity index (χ1v) is 13.3. The summed E-state index contributed by atoms with van der Waals surface area (Å²) < 4.78 is 5.64. The number of nitro groups is 1. The van der Waals surface area contributed by atoms with Gasteiger partial charge >= 0.3 is 0 Å². The molecule has 0 unspecified atom stereocenters.